The van der Waals surface area contributed by atoms with Gasteiger partial charge in [-0.25, -0.2) is 9.37 Å². The molecule has 0 unspecified atom stereocenters. The van der Waals surface area contributed by atoms with E-state index in [0.29, 0.717) is 6.54 Å². The lowest BCUT2D eigenvalue weighted by atomic mass is 10.1. The smallest absolute Gasteiger partial charge is 0.234 e. The van der Waals surface area contributed by atoms with Gasteiger partial charge in [-0.15, -0.1) is 0 Å². The number of halogens is 1. The first kappa shape index (κ1) is 15.2. The normalized spacial score (nSPS) is 12.3. The van der Waals surface area contributed by atoms with Crippen LogP contribution in [0.25, 0.3) is 11.0 Å². The largest absolute Gasteiger partial charge is 0.346 e. The molecule has 1 atom stereocenters. The lowest BCUT2D eigenvalue weighted by Gasteiger charge is -2.20. The first-order chi connectivity index (χ1) is 11.2. The van der Waals surface area contributed by atoms with E-state index >= 15 is 0 Å². The van der Waals surface area contributed by atoms with Gasteiger partial charge in [0.25, 0.3) is 0 Å². The van der Waals surface area contributed by atoms with E-state index in [1.807, 2.05) is 28.8 Å². The van der Waals surface area contributed by atoms with Crippen molar-refractivity contribution in [3.05, 3.63) is 66.2 Å². The van der Waals surface area contributed by atoms with E-state index in [-0.39, 0.29) is 24.3 Å². The molecule has 0 saturated carbocycles. The van der Waals surface area contributed by atoms with Gasteiger partial charge in [0.05, 0.1) is 29.9 Å². The molecule has 0 aliphatic heterocycles. The standard InChI is InChI=1S/C17H17FN4O/c18-13-7-5-12(6-8-13)15(21-17(23)9-19)10-22-11-20-14-3-1-2-4-16(14)22/h1-8,11,15H,9-10,19H2,(H,21,23)/t15-/m0/s1. The molecule has 0 aliphatic rings. The number of para-hydroxylation sites is 2. The lowest BCUT2D eigenvalue weighted by molar-refractivity contribution is -0.120. The third kappa shape index (κ3) is 3.37. The van der Waals surface area contributed by atoms with Crippen LogP contribution in [0.2, 0.25) is 0 Å². The van der Waals surface area contributed by atoms with Gasteiger partial charge in [-0.05, 0) is 29.8 Å². The number of imidazole rings is 1. The first-order valence-electron chi connectivity index (χ1n) is 7.32. The van der Waals surface area contributed by atoms with Gasteiger partial charge >= 0.3 is 0 Å². The third-order valence-electron chi connectivity index (χ3n) is 3.70. The Morgan fingerprint density at radius 2 is 1.96 bits per heavy atom. The number of nitrogens with zero attached hydrogens (tertiary/aromatic N) is 2. The van der Waals surface area contributed by atoms with Crippen molar-refractivity contribution in [1.82, 2.24) is 14.9 Å². The third-order valence-corrected chi connectivity index (χ3v) is 3.70. The molecule has 1 amide bonds. The minimum atomic E-state index is -0.316. The molecule has 0 fully saturated rings. The summed E-state index contributed by atoms with van der Waals surface area (Å²) in [6.07, 6.45) is 1.73. The second kappa shape index (κ2) is 6.58. The number of nitrogens with two attached hydrogens (primary N) is 1. The maximum Gasteiger partial charge on any atom is 0.234 e. The number of fused-ring (bicyclic) bond motifs is 1. The second-order valence-corrected chi connectivity index (χ2v) is 5.26. The van der Waals surface area contributed by atoms with E-state index in [0.717, 1.165) is 16.6 Å². The van der Waals surface area contributed by atoms with Crippen LogP contribution in [0.3, 0.4) is 0 Å². The molecule has 3 rings (SSSR count). The molecule has 1 heterocycles. The number of carbonyl (C=O) groups excluding carboxylic acids is 1. The van der Waals surface area contributed by atoms with E-state index in [1.54, 1.807) is 18.5 Å². The Balaban J connectivity index is 1.91. The van der Waals surface area contributed by atoms with Crippen molar-refractivity contribution in [2.45, 2.75) is 12.6 Å². The van der Waals surface area contributed by atoms with Crippen molar-refractivity contribution in [3.63, 3.8) is 0 Å². The van der Waals surface area contributed by atoms with Crippen LogP contribution in [-0.4, -0.2) is 22.0 Å². The van der Waals surface area contributed by atoms with Crippen LogP contribution >= 0.6 is 0 Å². The molecule has 0 aliphatic carbocycles. The highest BCUT2D eigenvalue weighted by Gasteiger charge is 2.16. The SMILES string of the molecule is NCC(=O)N[C@@H](Cn1cnc2ccccc21)c1ccc(F)cc1. The van der Waals surface area contributed by atoms with Crippen LogP contribution in [0, 0.1) is 5.82 Å². The molecule has 5 nitrogen and oxygen atoms in total. The summed E-state index contributed by atoms with van der Waals surface area (Å²) in [5, 5.41) is 2.87. The van der Waals surface area contributed by atoms with Crippen molar-refractivity contribution in [2.24, 2.45) is 5.73 Å². The highest BCUT2D eigenvalue weighted by Crippen LogP contribution is 2.19. The molecule has 23 heavy (non-hydrogen) atoms. The van der Waals surface area contributed by atoms with Gasteiger partial charge in [-0.1, -0.05) is 24.3 Å². The Labute approximate surface area is 132 Å². The minimum Gasteiger partial charge on any atom is -0.346 e. The molecule has 6 heteroatoms. The highest BCUT2D eigenvalue weighted by molar-refractivity contribution is 5.78. The van der Waals surface area contributed by atoms with Gasteiger partial charge in [-0.3, -0.25) is 4.79 Å². The number of hydrogen-bond donors (Lipinski definition) is 2. The molecule has 2 aromatic carbocycles. The van der Waals surface area contributed by atoms with E-state index in [2.05, 4.69) is 10.3 Å². The van der Waals surface area contributed by atoms with Gasteiger partial charge in [0.1, 0.15) is 5.82 Å². The molecule has 0 saturated heterocycles. The van der Waals surface area contributed by atoms with Crippen molar-refractivity contribution >= 4 is 16.9 Å². The fourth-order valence-electron chi connectivity index (χ4n) is 2.54. The van der Waals surface area contributed by atoms with Gasteiger partial charge < -0.3 is 15.6 Å². The van der Waals surface area contributed by atoms with E-state index in [4.69, 9.17) is 5.73 Å². The zero-order valence-electron chi connectivity index (χ0n) is 12.4. The maximum atomic E-state index is 13.1. The summed E-state index contributed by atoms with van der Waals surface area (Å²) in [5.41, 5.74) is 8.06. The number of rotatable bonds is 5. The Hall–Kier alpha value is -2.73. The number of amides is 1. The molecule has 0 spiro atoms. The fourth-order valence-corrected chi connectivity index (χ4v) is 2.54. The van der Waals surface area contributed by atoms with Crippen LogP contribution in [0.5, 0.6) is 0 Å². The monoisotopic (exact) mass is 312 g/mol. The topological polar surface area (TPSA) is 72.9 Å². The summed E-state index contributed by atoms with van der Waals surface area (Å²) in [7, 11) is 0. The summed E-state index contributed by atoms with van der Waals surface area (Å²) >= 11 is 0. The Morgan fingerprint density at radius 1 is 1.22 bits per heavy atom. The van der Waals surface area contributed by atoms with Gasteiger partial charge in [0.2, 0.25) is 5.91 Å². The summed E-state index contributed by atoms with van der Waals surface area (Å²) in [6, 6.07) is 13.5. The van der Waals surface area contributed by atoms with Crippen LogP contribution in [0.1, 0.15) is 11.6 Å². The Morgan fingerprint density at radius 3 is 2.70 bits per heavy atom. The molecule has 3 aromatic rings. The van der Waals surface area contributed by atoms with Crippen molar-refractivity contribution in [2.75, 3.05) is 6.54 Å². The summed E-state index contributed by atoms with van der Waals surface area (Å²) in [6.45, 7) is 0.389. The number of nitrogens with one attached hydrogen (secondary N) is 1. The number of carbonyl (C=O) groups is 1. The molecular formula is C17H17FN4O. The predicted molar refractivity (Wildman–Crippen MR) is 86.1 cm³/mol. The summed E-state index contributed by atoms with van der Waals surface area (Å²) in [5.74, 6) is -0.575. The highest BCUT2D eigenvalue weighted by atomic mass is 19.1. The lowest BCUT2D eigenvalue weighted by Crippen LogP contribution is -2.35. The zero-order chi connectivity index (χ0) is 16.2. The second-order valence-electron chi connectivity index (χ2n) is 5.26. The van der Waals surface area contributed by atoms with Crippen molar-refractivity contribution < 1.29 is 9.18 Å². The number of hydrogen-bond acceptors (Lipinski definition) is 3. The maximum absolute atomic E-state index is 13.1. The average Bonchev–Trinajstić information content (AvgIpc) is 2.98. The average molecular weight is 312 g/mol. The van der Waals surface area contributed by atoms with Crippen LogP contribution in [0.15, 0.2) is 54.9 Å². The zero-order valence-corrected chi connectivity index (χ0v) is 12.4. The first-order valence-corrected chi connectivity index (χ1v) is 7.32. The van der Waals surface area contributed by atoms with Gasteiger partial charge in [0, 0.05) is 6.54 Å². The Bertz CT molecular complexity index is 813. The van der Waals surface area contributed by atoms with Crippen LogP contribution in [-0.2, 0) is 11.3 Å². The quantitative estimate of drug-likeness (QED) is 0.757. The molecular weight excluding hydrogens is 295 g/mol. The van der Waals surface area contributed by atoms with E-state index in [9.17, 15) is 9.18 Å². The molecule has 1 aromatic heterocycles. The summed E-state index contributed by atoms with van der Waals surface area (Å²) in [4.78, 5) is 16.1. The predicted octanol–water partition coefficient (Wildman–Crippen LogP) is 1.99. The molecule has 118 valence electrons. The van der Waals surface area contributed by atoms with E-state index < -0.39 is 0 Å². The van der Waals surface area contributed by atoms with Crippen LogP contribution < -0.4 is 11.1 Å². The van der Waals surface area contributed by atoms with Gasteiger partial charge in [-0.2, -0.15) is 0 Å². The van der Waals surface area contributed by atoms with Crippen molar-refractivity contribution in [3.8, 4) is 0 Å². The molecule has 3 N–H and O–H groups in total. The van der Waals surface area contributed by atoms with E-state index in [1.165, 1.54) is 12.1 Å². The molecule has 0 bridgehead atoms. The van der Waals surface area contributed by atoms with Crippen molar-refractivity contribution in [1.29, 1.82) is 0 Å². The molecule has 0 radical (unpaired) electrons. The minimum absolute atomic E-state index is 0.0949. The Kier molecular flexibility index (Phi) is 4.34. The van der Waals surface area contributed by atoms with Gasteiger partial charge in [0.15, 0.2) is 0 Å². The van der Waals surface area contributed by atoms with Crippen LogP contribution in [0.4, 0.5) is 4.39 Å². The number of benzene rings is 2. The summed E-state index contributed by atoms with van der Waals surface area (Å²) < 4.78 is 15.1. The fraction of sp³-hybridized carbons (Fsp3) is 0.176. The number of aromatic nitrogens is 2.